The fraction of sp³-hybridized carbons (Fsp3) is 0.450. The highest BCUT2D eigenvalue weighted by atomic mass is 32.1. The van der Waals surface area contributed by atoms with Gasteiger partial charge in [0.15, 0.2) is 4.77 Å². The minimum Gasteiger partial charge on any atom is -0.497 e. The van der Waals surface area contributed by atoms with Crippen LogP contribution in [0.25, 0.3) is 21.9 Å². The molecule has 9 heteroatoms. The fourth-order valence-corrected chi connectivity index (χ4v) is 3.99. The first-order valence-corrected chi connectivity index (χ1v) is 10.2. The van der Waals surface area contributed by atoms with Gasteiger partial charge in [0, 0.05) is 37.0 Å². The molecule has 0 spiro atoms. The number of fused-ring (bicyclic) bond motifs is 3. The predicted octanol–water partition coefficient (Wildman–Crippen LogP) is 2.62. The van der Waals surface area contributed by atoms with Gasteiger partial charge in [-0.25, -0.2) is 0 Å². The molecule has 4 rings (SSSR count). The molecule has 29 heavy (non-hydrogen) atoms. The fourth-order valence-electron chi connectivity index (χ4n) is 3.71. The number of amides is 1. The molecule has 0 radical (unpaired) electrons. The third kappa shape index (κ3) is 4.06. The molecule has 8 nitrogen and oxygen atoms in total. The van der Waals surface area contributed by atoms with Crippen LogP contribution >= 0.6 is 12.2 Å². The van der Waals surface area contributed by atoms with Gasteiger partial charge in [0.2, 0.25) is 5.91 Å². The zero-order valence-corrected chi connectivity index (χ0v) is 17.1. The summed E-state index contributed by atoms with van der Waals surface area (Å²) >= 11 is 5.41. The number of H-pyrrole nitrogens is 2. The minimum atomic E-state index is -0.196. The summed E-state index contributed by atoms with van der Waals surface area (Å²) in [4.78, 5) is 31.3. The lowest BCUT2D eigenvalue weighted by molar-refractivity contribution is -0.121. The summed E-state index contributed by atoms with van der Waals surface area (Å²) in [6.45, 7) is 1.68. The third-order valence-corrected chi connectivity index (χ3v) is 5.60. The smallest absolute Gasteiger partial charge is 0.278 e. The van der Waals surface area contributed by atoms with Gasteiger partial charge in [-0.05, 0) is 49.7 Å². The lowest BCUT2D eigenvalue weighted by Crippen LogP contribution is -2.32. The topological polar surface area (TPSA) is 101 Å². The summed E-state index contributed by atoms with van der Waals surface area (Å²) in [7, 11) is 1.60. The van der Waals surface area contributed by atoms with Crippen molar-refractivity contribution in [2.45, 2.75) is 38.3 Å². The molecule has 0 aliphatic carbocycles. The number of hydrogen-bond acceptors (Lipinski definition) is 5. The molecule has 3 aromatic rings. The Labute approximate surface area is 172 Å². The summed E-state index contributed by atoms with van der Waals surface area (Å²) in [5, 5.41) is 3.75. The SMILES string of the molecule is COc1ccc2[nH]c3c(=O)n(CCCC(=O)NC[C@@H]4CCCO4)c(=S)[nH]c3c2c1. The molecule has 0 saturated carbocycles. The van der Waals surface area contributed by atoms with Gasteiger partial charge in [0.25, 0.3) is 5.56 Å². The molecule has 1 aliphatic heterocycles. The van der Waals surface area contributed by atoms with Gasteiger partial charge in [0.05, 0.1) is 18.7 Å². The van der Waals surface area contributed by atoms with Gasteiger partial charge >= 0.3 is 0 Å². The molecule has 0 unspecified atom stereocenters. The Hall–Kier alpha value is -2.65. The van der Waals surface area contributed by atoms with E-state index in [0.29, 0.717) is 47.5 Å². The van der Waals surface area contributed by atoms with Gasteiger partial charge in [-0.1, -0.05) is 0 Å². The van der Waals surface area contributed by atoms with Gasteiger partial charge < -0.3 is 24.8 Å². The summed E-state index contributed by atoms with van der Waals surface area (Å²) < 4.78 is 12.6. The molecular formula is C20H24N4O4S. The van der Waals surface area contributed by atoms with Crippen LogP contribution in [0.15, 0.2) is 23.0 Å². The summed E-state index contributed by atoms with van der Waals surface area (Å²) in [5.74, 6) is 0.665. The van der Waals surface area contributed by atoms with Crippen molar-refractivity contribution < 1.29 is 14.3 Å². The zero-order chi connectivity index (χ0) is 20.4. The predicted molar refractivity (Wildman–Crippen MR) is 113 cm³/mol. The molecule has 0 bridgehead atoms. The molecule has 2 aromatic heterocycles. The van der Waals surface area contributed by atoms with Gasteiger partial charge in [-0.3, -0.25) is 14.2 Å². The summed E-state index contributed by atoms with van der Waals surface area (Å²) in [5.41, 5.74) is 1.76. The number of carbonyl (C=O) groups excluding carboxylic acids is 1. The number of rotatable bonds is 7. The number of carbonyl (C=O) groups is 1. The van der Waals surface area contributed by atoms with Crippen LogP contribution in [0.4, 0.5) is 0 Å². The van der Waals surface area contributed by atoms with Gasteiger partial charge in [-0.2, -0.15) is 0 Å². The number of nitrogens with zero attached hydrogens (tertiary/aromatic N) is 1. The van der Waals surface area contributed by atoms with Crippen LogP contribution in [0, 0.1) is 4.77 Å². The van der Waals surface area contributed by atoms with Crippen molar-refractivity contribution >= 4 is 40.1 Å². The van der Waals surface area contributed by atoms with E-state index in [1.165, 1.54) is 4.57 Å². The average molecular weight is 417 g/mol. The van der Waals surface area contributed by atoms with Gasteiger partial charge in [-0.15, -0.1) is 0 Å². The van der Waals surface area contributed by atoms with E-state index in [1.807, 2.05) is 18.2 Å². The first-order chi connectivity index (χ1) is 14.1. The molecule has 154 valence electrons. The lowest BCUT2D eigenvalue weighted by atomic mass is 10.2. The van der Waals surface area contributed by atoms with E-state index in [0.717, 1.165) is 30.4 Å². The van der Waals surface area contributed by atoms with Crippen molar-refractivity contribution in [1.29, 1.82) is 0 Å². The highest BCUT2D eigenvalue weighted by Crippen LogP contribution is 2.25. The Morgan fingerprint density at radius 1 is 1.38 bits per heavy atom. The number of hydrogen-bond donors (Lipinski definition) is 3. The van der Waals surface area contributed by atoms with E-state index in [9.17, 15) is 9.59 Å². The highest BCUT2D eigenvalue weighted by molar-refractivity contribution is 7.71. The molecule has 3 heterocycles. The van der Waals surface area contributed by atoms with Crippen LogP contribution in [0.2, 0.25) is 0 Å². The zero-order valence-electron chi connectivity index (χ0n) is 16.2. The van der Waals surface area contributed by atoms with Crippen LogP contribution in [-0.4, -0.2) is 46.8 Å². The second-order valence-electron chi connectivity index (χ2n) is 7.22. The number of aromatic nitrogens is 3. The van der Waals surface area contributed by atoms with Crippen LogP contribution in [0.1, 0.15) is 25.7 Å². The average Bonchev–Trinajstić information content (AvgIpc) is 3.36. The maximum Gasteiger partial charge on any atom is 0.278 e. The quantitative estimate of drug-likeness (QED) is 0.514. The van der Waals surface area contributed by atoms with E-state index in [-0.39, 0.29) is 17.6 Å². The normalized spacial score (nSPS) is 16.5. The van der Waals surface area contributed by atoms with Crippen molar-refractivity contribution in [3.63, 3.8) is 0 Å². The van der Waals surface area contributed by atoms with Crippen LogP contribution in [-0.2, 0) is 16.1 Å². The number of nitrogens with one attached hydrogen (secondary N) is 3. The number of methoxy groups -OCH3 is 1. The van der Waals surface area contributed by atoms with Crippen molar-refractivity contribution in [3.8, 4) is 5.75 Å². The van der Waals surface area contributed by atoms with E-state index in [4.69, 9.17) is 21.7 Å². The maximum absolute atomic E-state index is 12.9. The largest absolute Gasteiger partial charge is 0.497 e. The second kappa shape index (κ2) is 8.38. The molecule has 3 N–H and O–H groups in total. The van der Waals surface area contributed by atoms with Crippen molar-refractivity contribution in [1.82, 2.24) is 19.9 Å². The van der Waals surface area contributed by atoms with Gasteiger partial charge in [0.1, 0.15) is 11.3 Å². The molecule has 1 aliphatic rings. The Morgan fingerprint density at radius 2 is 2.24 bits per heavy atom. The molecule has 1 saturated heterocycles. The van der Waals surface area contributed by atoms with E-state index < -0.39 is 0 Å². The lowest BCUT2D eigenvalue weighted by Gasteiger charge is -2.11. The van der Waals surface area contributed by atoms with E-state index >= 15 is 0 Å². The molecule has 1 atom stereocenters. The summed E-state index contributed by atoms with van der Waals surface area (Å²) in [6, 6.07) is 5.56. The van der Waals surface area contributed by atoms with Crippen LogP contribution < -0.4 is 15.6 Å². The first kappa shape index (κ1) is 19.7. The molecule has 1 amide bonds. The van der Waals surface area contributed by atoms with Crippen LogP contribution in [0.5, 0.6) is 5.75 Å². The summed E-state index contributed by atoms with van der Waals surface area (Å²) in [6.07, 6.45) is 3.01. The Bertz CT molecular complexity index is 1160. The maximum atomic E-state index is 12.9. The Balaban J connectivity index is 1.47. The van der Waals surface area contributed by atoms with Crippen molar-refractivity contribution in [2.24, 2.45) is 0 Å². The number of ether oxygens (including phenoxy) is 2. The first-order valence-electron chi connectivity index (χ1n) is 9.77. The standard InChI is InChI=1S/C20H24N4O4S/c1-27-12-6-7-15-14(10-12)17-18(22-15)19(26)24(20(29)23-17)8-2-5-16(25)21-11-13-4-3-9-28-13/h6-7,10,13,22H,2-5,8-9,11H2,1H3,(H,21,25)(H,23,29)/t13-/m0/s1. The molecule has 1 fully saturated rings. The minimum absolute atomic E-state index is 0.0396. The van der Waals surface area contributed by atoms with E-state index in [1.54, 1.807) is 7.11 Å². The van der Waals surface area contributed by atoms with Crippen molar-refractivity contribution in [3.05, 3.63) is 33.3 Å². The second-order valence-corrected chi connectivity index (χ2v) is 7.60. The molecule has 1 aromatic carbocycles. The van der Waals surface area contributed by atoms with Crippen molar-refractivity contribution in [2.75, 3.05) is 20.3 Å². The van der Waals surface area contributed by atoms with E-state index in [2.05, 4.69) is 15.3 Å². The molecular weight excluding hydrogens is 392 g/mol. The Kier molecular flexibility index (Phi) is 5.68. The highest BCUT2D eigenvalue weighted by Gasteiger charge is 2.16. The third-order valence-electron chi connectivity index (χ3n) is 5.28. The Morgan fingerprint density at radius 3 is 3.00 bits per heavy atom. The number of benzene rings is 1. The number of aromatic amines is 2. The van der Waals surface area contributed by atoms with Crippen LogP contribution in [0.3, 0.4) is 0 Å². The monoisotopic (exact) mass is 416 g/mol.